The fraction of sp³-hybridized carbons (Fsp3) is 0.545. The standard InChI is InChI=1S/C11H14ClNO2S/c12-9-4-6-16-10(9)11(14)13-7-8-3-1-2-5-15-8/h4,6,8H,1-3,5,7H2,(H,13,14)/t8-/m0/s1. The molecule has 2 rings (SSSR count). The molecule has 1 fully saturated rings. The van der Waals surface area contributed by atoms with Gasteiger partial charge in [0.25, 0.3) is 5.91 Å². The molecule has 1 aliphatic heterocycles. The van der Waals surface area contributed by atoms with Gasteiger partial charge >= 0.3 is 0 Å². The van der Waals surface area contributed by atoms with Crippen LogP contribution >= 0.6 is 22.9 Å². The summed E-state index contributed by atoms with van der Waals surface area (Å²) in [6.07, 6.45) is 3.50. The van der Waals surface area contributed by atoms with E-state index in [-0.39, 0.29) is 12.0 Å². The van der Waals surface area contributed by atoms with E-state index in [4.69, 9.17) is 16.3 Å². The van der Waals surface area contributed by atoms with Crippen LogP contribution in [0.5, 0.6) is 0 Å². The number of halogens is 1. The number of hydrogen-bond acceptors (Lipinski definition) is 3. The van der Waals surface area contributed by atoms with Crippen molar-refractivity contribution in [1.82, 2.24) is 5.32 Å². The average molecular weight is 260 g/mol. The molecule has 16 heavy (non-hydrogen) atoms. The molecule has 1 saturated heterocycles. The molecule has 1 aromatic rings. The van der Waals surface area contributed by atoms with Crippen LogP contribution in [-0.4, -0.2) is 25.2 Å². The van der Waals surface area contributed by atoms with Crippen LogP contribution in [0, 0.1) is 0 Å². The molecule has 1 aromatic heterocycles. The molecule has 1 N–H and O–H groups in total. The van der Waals surface area contributed by atoms with E-state index in [1.165, 1.54) is 17.8 Å². The molecule has 88 valence electrons. The lowest BCUT2D eigenvalue weighted by atomic mass is 10.1. The zero-order valence-corrected chi connectivity index (χ0v) is 10.4. The van der Waals surface area contributed by atoms with Gasteiger partial charge in [-0.15, -0.1) is 11.3 Å². The van der Waals surface area contributed by atoms with Gasteiger partial charge in [-0.25, -0.2) is 0 Å². The zero-order chi connectivity index (χ0) is 11.4. The second-order valence-electron chi connectivity index (χ2n) is 3.80. The van der Waals surface area contributed by atoms with E-state index in [0.29, 0.717) is 16.4 Å². The molecule has 0 aromatic carbocycles. The fourth-order valence-electron chi connectivity index (χ4n) is 1.71. The van der Waals surface area contributed by atoms with E-state index < -0.39 is 0 Å². The number of hydrogen-bond donors (Lipinski definition) is 1. The molecule has 0 radical (unpaired) electrons. The first-order valence-electron chi connectivity index (χ1n) is 5.40. The van der Waals surface area contributed by atoms with Crippen molar-refractivity contribution >= 4 is 28.8 Å². The van der Waals surface area contributed by atoms with E-state index in [1.54, 1.807) is 6.07 Å². The van der Waals surface area contributed by atoms with Gasteiger partial charge in [0.2, 0.25) is 0 Å². The highest BCUT2D eigenvalue weighted by Crippen LogP contribution is 2.21. The van der Waals surface area contributed by atoms with Crippen molar-refractivity contribution < 1.29 is 9.53 Å². The smallest absolute Gasteiger partial charge is 0.262 e. The predicted octanol–water partition coefficient (Wildman–Crippen LogP) is 2.70. The highest BCUT2D eigenvalue weighted by molar-refractivity contribution is 7.12. The number of amides is 1. The lowest BCUT2D eigenvalue weighted by molar-refractivity contribution is 0.0169. The lowest BCUT2D eigenvalue weighted by Gasteiger charge is -2.22. The first kappa shape index (κ1) is 11.9. The Morgan fingerprint density at radius 2 is 2.50 bits per heavy atom. The molecule has 2 heterocycles. The fourth-order valence-corrected chi connectivity index (χ4v) is 2.77. The molecule has 1 aliphatic rings. The first-order valence-corrected chi connectivity index (χ1v) is 6.66. The molecular formula is C11H14ClNO2S. The van der Waals surface area contributed by atoms with Crippen molar-refractivity contribution in [2.45, 2.75) is 25.4 Å². The van der Waals surface area contributed by atoms with Crippen molar-refractivity contribution in [2.75, 3.05) is 13.2 Å². The van der Waals surface area contributed by atoms with Crippen LogP contribution in [-0.2, 0) is 4.74 Å². The van der Waals surface area contributed by atoms with Gasteiger partial charge in [-0.3, -0.25) is 4.79 Å². The van der Waals surface area contributed by atoms with Crippen LogP contribution in [0.3, 0.4) is 0 Å². The summed E-state index contributed by atoms with van der Waals surface area (Å²) in [7, 11) is 0. The van der Waals surface area contributed by atoms with E-state index in [2.05, 4.69) is 5.32 Å². The summed E-state index contributed by atoms with van der Waals surface area (Å²) >= 11 is 7.23. The minimum absolute atomic E-state index is 0.103. The second-order valence-corrected chi connectivity index (χ2v) is 5.12. The van der Waals surface area contributed by atoms with Crippen molar-refractivity contribution in [2.24, 2.45) is 0 Å². The van der Waals surface area contributed by atoms with E-state index in [1.807, 2.05) is 5.38 Å². The van der Waals surface area contributed by atoms with E-state index >= 15 is 0 Å². The van der Waals surface area contributed by atoms with Crippen molar-refractivity contribution in [3.8, 4) is 0 Å². The second kappa shape index (κ2) is 5.66. The maximum absolute atomic E-state index is 11.7. The SMILES string of the molecule is O=C(NC[C@@H]1CCCCO1)c1sccc1Cl. The van der Waals surface area contributed by atoms with E-state index in [0.717, 1.165) is 19.4 Å². The van der Waals surface area contributed by atoms with Crippen molar-refractivity contribution in [3.63, 3.8) is 0 Å². The molecule has 3 nitrogen and oxygen atoms in total. The molecule has 0 spiro atoms. The largest absolute Gasteiger partial charge is 0.376 e. The van der Waals surface area contributed by atoms with Gasteiger partial charge in [0.05, 0.1) is 11.1 Å². The summed E-state index contributed by atoms with van der Waals surface area (Å²) < 4.78 is 5.53. The van der Waals surface area contributed by atoms with Crippen LogP contribution in [0.25, 0.3) is 0 Å². The third kappa shape index (κ3) is 2.97. The van der Waals surface area contributed by atoms with Crippen LogP contribution in [0.4, 0.5) is 0 Å². The van der Waals surface area contributed by atoms with Crippen LogP contribution in [0.1, 0.15) is 28.9 Å². The summed E-state index contributed by atoms with van der Waals surface area (Å²) in [6, 6.07) is 1.73. The maximum atomic E-state index is 11.7. The molecule has 1 atom stereocenters. The Balaban J connectivity index is 1.81. The van der Waals surface area contributed by atoms with Crippen molar-refractivity contribution in [1.29, 1.82) is 0 Å². The molecule has 0 saturated carbocycles. The number of carbonyl (C=O) groups is 1. The van der Waals surface area contributed by atoms with Crippen LogP contribution in [0.2, 0.25) is 5.02 Å². The molecule has 0 unspecified atom stereocenters. The van der Waals surface area contributed by atoms with Crippen LogP contribution in [0.15, 0.2) is 11.4 Å². The van der Waals surface area contributed by atoms with E-state index in [9.17, 15) is 4.79 Å². The predicted molar refractivity (Wildman–Crippen MR) is 65.3 cm³/mol. The average Bonchev–Trinajstić information content (AvgIpc) is 2.74. The number of ether oxygens (including phenoxy) is 1. The minimum Gasteiger partial charge on any atom is -0.376 e. The number of thiophene rings is 1. The van der Waals surface area contributed by atoms with Gasteiger partial charge in [0.15, 0.2) is 0 Å². The molecule has 0 bridgehead atoms. The molecule has 5 heteroatoms. The van der Waals surface area contributed by atoms with Gasteiger partial charge in [0.1, 0.15) is 4.88 Å². The topological polar surface area (TPSA) is 38.3 Å². The maximum Gasteiger partial charge on any atom is 0.262 e. The minimum atomic E-state index is -0.103. The van der Waals surface area contributed by atoms with Gasteiger partial charge in [-0.2, -0.15) is 0 Å². The summed E-state index contributed by atoms with van der Waals surface area (Å²) in [4.78, 5) is 12.3. The first-order chi connectivity index (χ1) is 7.77. The third-order valence-electron chi connectivity index (χ3n) is 2.59. The quantitative estimate of drug-likeness (QED) is 0.906. The molecular weight excluding hydrogens is 246 g/mol. The number of nitrogens with one attached hydrogen (secondary N) is 1. The lowest BCUT2D eigenvalue weighted by Crippen LogP contribution is -2.35. The monoisotopic (exact) mass is 259 g/mol. The number of carbonyl (C=O) groups excluding carboxylic acids is 1. The van der Waals surface area contributed by atoms with Crippen molar-refractivity contribution in [3.05, 3.63) is 21.3 Å². The Labute approximate surface area is 104 Å². The van der Waals surface area contributed by atoms with Crippen LogP contribution < -0.4 is 5.32 Å². The Kier molecular flexibility index (Phi) is 4.21. The highest BCUT2D eigenvalue weighted by atomic mass is 35.5. The zero-order valence-electron chi connectivity index (χ0n) is 8.87. The van der Waals surface area contributed by atoms with Gasteiger partial charge in [0, 0.05) is 13.2 Å². The third-order valence-corrected chi connectivity index (χ3v) is 3.93. The molecule has 1 amide bonds. The molecule has 0 aliphatic carbocycles. The summed E-state index contributed by atoms with van der Waals surface area (Å²) in [5, 5.41) is 5.19. The van der Waals surface area contributed by atoms with Gasteiger partial charge < -0.3 is 10.1 Å². The highest BCUT2D eigenvalue weighted by Gasteiger charge is 2.16. The van der Waals surface area contributed by atoms with Gasteiger partial charge in [-0.05, 0) is 30.7 Å². The Bertz CT molecular complexity index is 361. The number of rotatable bonds is 3. The Hall–Kier alpha value is -0.580. The summed E-state index contributed by atoms with van der Waals surface area (Å²) in [5.74, 6) is -0.103. The van der Waals surface area contributed by atoms with Gasteiger partial charge in [-0.1, -0.05) is 11.6 Å². The Morgan fingerprint density at radius 1 is 1.62 bits per heavy atom. The normalized spacial score (nSPS) is 20.7. The Morgan fingerprint density at radius 3 is 3.12 bits per heavy atom. The summed E-state index contributed by atoms with van der Waals surface area (Å²) in [5.41, 5.74) is 0. The summed E-state index contributed by atoms with van der Waals surface area (Å²) in [6.45, 7) is 1.38.